The van der Waals surface area contributed by atoms with Gasteiger partial charge < -0.3 is 10.2 Å². The average Bonchev–Trinajstić information content (AvgIpc) is 2.88. The Morgan fingerprint density at radius 2 is 2.00 bits per heavy atom. The Labute approximate surface area is 125 Å². The van der Waals surface area contributed by atoms with Crippen LogP contribution in [0.2, 0.25) is 0 Å². The SMILES string of the molecule is CCc1ccccc1C(=O)N1CCC2(CC1)CNC(=O)C2. The lowest BCUT2D eigenvalue weighted by atomic mass is 9.77. The van der Waals surface area contributed by atoms with Gasteiger partial charge in [-0.3, -0.25) is 9.59 Å². The molecule has 0 aromatic heterocycles. The molecule has 1 aromatic rings. The van der Waals surface area contributed by atoms with Gasteiger partial charge in [0.1, 0.15) is 0 Å². The zero-order valence-electron chi connectivity index (χ0n) is 12.5. The maximum absolute atomic E-state index is 12.7. The molecule has 1 N–H and O–H groups in total. The number of carbonyl (C=O) groups excluding carboxylic acids is 2. The fraction of sp³-hybridized carbons (Fsp3) is 0.529. The molecule has 3 rings (SSSR count). The second kappa shape index (κ2) is 5.51. The fourth-order valence-corrected chi connectivity index (χ4v) is 3.50. The first-order valence-corrected chi connectivity index (χ1v) is 7.77. The van der Waals surface area contributed by atoms with Crippen LogP contribution in [0.15, 0.2) is 24.3 Å². The highest BCUT2D eigenvalue weighted by Gasteiger charge is 2.41. The third-order valence-electron chi connectivity index (χ3n) is 4.94. The van der Waals surface area contributed by atoms with Crippen LogP contribution in [0.5, 0.6) is 0 Å². The molecule has 0 atom stereocenters. The largest absolute Gasteiger partial charge is 0.356 e. The number of amides is 2. The van der Waals surface area contributed by atoms with Crippen molar-refractivity contribution in [1.29, 1.82) is 0 Å². The van der Waals surface area contributed by atoms with E-state index in [-0.39, 0.29) is 17.2 Å². The molecule has 0 saturated carbocycles. The lowest BCUT2D eigenvalue weighted by Crippen LogP contribution is -2.44. The number of nitrogens with zero attached hydrogens (tertiary/aromatic N) is 1. The molecule has 0 aliphatic carbocycles. The molecule has 21 heavy (non-hydrogen) atoms. The summed E-state index contributed by atoms with van der Waals surface area (Å²) >= 11 is 0. The molecule has 1 aromatic carbocycles. The predicted molar refractivity (Wildman–Crippen MR) is 81.0 cm³/mol. The highest BCUT2D eigenvalue weighted by molar-refractivity contribution is 5.95. The van der Waals surface area contributed by atoms with Crippen LogP contribution in [0.3, 0.4) is 0 Å². The van der Waals surface area contributed by atoms with Crippen molar-refractivity contribution in [3.05, 3.63) is 35.4 Å². The lowest BCUT2D eigenvalue weighted by molar-refractivity contribution is -0.119. The second-order valence-corrected chi connectivity index (χ2v) is 6.26. The fourth-order valence-electron chi connectivity index (χ4n) is 3.50. The van der Waals surface area contributed by atoms with Crippen LogP contribution in [0, 0.1) is 5.41 Å². The van der Waals surface area contributed by atoms with Crippen LogP contribution in [-0.2, 0) is 11.2 Å². The van der Waals surface area contributed by atoms with E-state index < -0.39 is 0 Å². The van der Waals surface area contributed by atoms with E-state index in [9.17, 15) is 9.59 Å². The van der Waals surface area contributed by atoms with Gasteiger partial charge in [0.25, 0.3) is 5.91 Å². The van der Waals surface area contributed by atoms with Crippen LogP contribution in [0.1, 0.15) is 42.1 Å². The zero-order valence-corrected chi connectivity index (χ0v) is 12.5. The molecular formula is C17H22N2O2. The van der Waals surface area contributed by atoms with Crippen molar-refractivity contribution >= 4 is 11.8 Å². The van der Waals surface area contributed by atoms with E-state index in [0.717, 1.165) is 50.0 Å². The molecule has 0 radical (unpaired) electrons. The van der Waals surface area contributed by atoms with E-state index in [2.05, 4.69) is 12.2 Å². The van der Waals surface area contributed by atoms with Crippen molar-refractivity contribution < 1.29 is 9.59 Å². The van der Waals surface area contributed by atoms with Crippen molar-refractivity contribution in [3.63, 3.8) is 0 Å². The van der Waals surface area contributed by atoms with Crippen molar-refractivity contribution in [3.8, 4) is 0 Å². The number of benzene rings is 1. The Bertz CT molecular complexity index is 560. The van der Waals surface area contributed by atoms with E-state index in [0.29, 0.717) is 6.42 Å². The van der Waals surface area contributed by atoms with Crippen LogP contribution >= 0.6 is 0 Å². The first-order valence-electron chi connectivity index (χ1n) is 7.77. The summed E-state index contributed by atoms with van der Waals surface area (Å²) in [6, 6.07) is 7.86. The number of hydrogen-bond acceptors (Lipinski definition) is 2. The molecule has 2 aliphatic heterocycles. The van der Waals surface area contributed by atoms with Gasteiger partial charge in [0.2, 0.25) is 5.91 Å². The Morgan fingerprint density at radius 1 is 1.29 bits per heavy atom. The smallest absolute Gasteiger partial charge is 0.254 e. The predicted octanol–water partition coefficient (Wildman–Crippen LogP) is 1.99. The van der Waals surface area contributed by atoms with Crippen molar-refractivity contribution in [2.45, 2.75) is 32.6 Å². The van der Waals surface area contributed by atoms with Gasteiger partial charge >= 0.3 is 0 Å². The zero-order chi connectivity index (χ0) is 14.9. The molecule has 1 spiro atoms. The van der Waals surface area contributed by atoms with Gasteiger partial charge in [0, 0.05) is 31.6 Å². The van der Waals surface area contributed by atoms with E-state index in [1.165, 1.54) is 0 Å². The summed E-state index contributed by atoms with van der Waals surface area (Å²) in [5.74, 6) is 0.297. The van der Waals surface area contributed by atoms with Gasteiger partial charge in [0.15, 0.2) is 0 Å². The molecule has 2 fully saturated rings. The number of hydrogen-bond donors (Lipinski definition) is 1. The molecule has 2 amide bonds. The van der Waals surface area contributed by atoms with Gasteiger partial charge in [-0.05, 0) is 36.3 Å². The normalized spacial score (nSPS) is 20.6. The highest BCUT2D eigenvalue weighted by atomic mass is 16.2. The van der Waals surface area contributed by atoms with Crippen LogP contribution in [-0.4, -0.2) is 36.3 Å². The van der Waals surface area contributed by atoms with Gasteiger partial charge in [0.05, 0.1) is 0 Å². The Hall–Kier alpha value is -1.84. The maximum Gasteiger partial charge on any atom is 0.254 e. The molecule has 4 nitrogen and oxygen atoms in total. The monoisotopic (exact) mass is 286 g/mol. The third-order valence-corrected chi connectivity index (χ3v) is 4.94. The van der Waals surface area contributed by atoms with Crippen molar-refractivity contribution in [1.82, 2.24) is 10.2 Å². The topological polar surface area (TPSA) is 49.4 Å². The highest BCUT2D eigenvalue weighted by Crippen LogP contribution is 2.37. The summed E-state index contributed by atoms with van der Waals surface area (Å²) in [7, 11) is 0. The van der Waals surface area contributed by atoms with Crippen LogP contribution in [0.4, 0.5) is 0 Å². The van der Waals surface area contributed by atoms with E-state index >= 15 is 0 Å². The quantitative estimate of drug-likeness (QED) is 0.904. The standard InChI is InChI=1S/C17H22N2O2/c1-2-13-5-3-4-6-14(13)16(21)19-9-7-17(8-10-19)11-15(20)18-12-17/h3-6H,2,7-12H2,1H3,(H,18,20). The van der Waals surface area contributed by atoms with Gasteiger partial charge in [-0.1, -0.05) is 25.1 Å². The minimum atomic E-state index is 0.0954. The summed E-state index contributed by atoms with van der Waals surface area (Å²) in [6.45, 7) is 4.37. The number of carbonyl (C=O) groups is 2. The first kappa shape index (κ1) is 14.1. The molecule has 0 unspecified atom stereocenters. The van der Waals surface area contributed by atoms with Crippen molar-refractivity contribution in [2.24, 2.45) is 5.41 Å². The van der Waals surface area contributed by atoms with E-state index in [1.54, 1.807) is 0 Å². The molecule has 2 aliphatic rings. The molecule has 112 valence electrons. The minimum absolute atomic E-state index is 0.0954. The summed E-state index contributed by atoms with van der Waals surface area (Å²) < 4.78 is 0. The molecule has 4 heteroatoms. The summed E-state index contributed by atoms with van der Waals surface area (Å²) in [6.07, 6.45) is 3.34. The second-order valence-electron chi connectivity index (χ2n) is 6.26. The van der Waals surface area contributed by atoms with Crippen molar-refractivity contribution in [2.75, 3.05) is 19.6 Å². The van der Waals surface area contributed by atoms with Gasteiger partial charge in [-0.15, -0.1) is 0 Å². The Morgan fingerprint density at radius 3 is 2.62 bits per heavy atom. The molecule has 2 saturated heterocycles. The number of nitrogens with one attached hydrogen (secondary N) is 1. The van der Waals surface area contributed by atoms with E-state index in [4.69, 9.17) is 0 Å². The van der Waals surface area contributed by atoms with Gasteiger partial charge in [-0.25, -0.2) is 0 Å². The average molecular weight is 286 g/mol. The lowest BCUT2D eigenvalue weighted by Gasteiger charge is -2.38. The van der Waals surface area contributed by atoms with Gasteiger partial charge in [-0.2, -0.15) is 0 Å². The summed E-state index contributed by atoms with van der Waals surface area (Å²) in [5, 5.41) is 2.93. The molecular weight excluding hydrogens is 264 g/mol. The number of rotatable bonds is 2. The molecule has 0 bridgehead atoms. The van der Waals surface area contributed by atoms with Crippen LogP contribution in [0.25, 0.3) is 0 Å². The Kier molecular flexibility index (Phi) is 3.70. The number of likely N-dealkylation sites (tertiary alicyclic amines) is 1. The summed E-state index contributed by atoms with van der Waals surface area (Å²) in [4.78, 5) is 26.1. The number of piperidine rings is 1. The summed E-state index contributed by atoms with van der Waals surface area (Å²) in [5.41, 5.74) is 2.04. The minimum Gasteiger partial charge on any atom is -0.356 e. The maximum atomic E-state index is 12.7. The third kappa shape index (κ3) is 2.67. The molecule has 2 heterocycles. The van der Waals surface area contributed by atoms with E-state index in [1.807, 2.05) is 29.2 Å². The Balaban J connectivity index is 1.69. The first-order chi connectivity index (χ1) is 10.1. The number of aryl methyl sites for hydroxylation is 1. The van der Waals surface area contributed by atoms with Crippen LogP contribution < -0.4 is 5.32 Å².